The monoisotopic (exact) mass is 575 g/mol. The van der Waals surface area contributed by atoms with Crippen molar-refractivity contribution >= 4 is 35.9 Å². The van der Waals surface area contributed by atoms with E-state index < -0.39 is 12.2 Å². The van der Waals surface area contributed by atoms with Crippen molar-refractivity contribution in [3.05, 3.63) is 12.2 Å². The zero-order valence-corrected chi connectivity index (χ0v) is 22.9. The van der Waals surface area contributed by atoms with Crippen LogP contribution in [0.2, 0.25) is 0 Å². The summed E-state index contributed by atoms with van der Waals surface area (Å²) in [6, 6.07) is 0.318. The van der Waals surface area contributed by atoms with Gasteiger partial charge in [0.2, 0.25) is 5.91 Å². The van der Waals surface area contributed by atoms with Crippen LogP contribution in [0.4, 0.5) is 14.4 Å². The molecule has 0 aromatic carbocycles. The maximum atomic E-state index is 12.0. The molecule has 0 bridgehead atoms. The summed E-state index contributed by atoms with van der Waals surface area (Å²) in [7, 11) is 0. The van der Waals surface area contributed by atoms with Crippen molar-refractivity contribution in [3.8, 4) is 0 Å². The van der Waals surface area contributed by atoms with E-state index in [4.69, 9.17) is 24.1 Å². The molecule has 3 atom stereocenters. The highest BCUT2D eigenvalue weighted by Gasteiger charge is 2.42. The molecule has 6 N–H and O–H groups in total. The number of alkyl carbamates (subject to hydrolysis) is 2. The van der Waals surface area contributed by atoms with Gasteiger partial charge in [0.15, 0.2) is 0 Å². The number of carbonyl (C=O) groups is 4. The molecule has 5 amide bonds. The van der Waals surface area contributed by atoms with Crippen molar-refractivity contribution in [1.29, 1.82) is 0 Å². The summed E-state index contributed by atoms with van der Waals surface area (Å²) in [5, 5.41) is 22.7. The molecule has 2 fully saturated rings. The van der Waals surface area contributed by atoms with E-state index in [1.807, 2.05) is 11.8 Å². The molecule has 0 radical (unpaired) electrons. The Bertz CT molecular complexity index is 789. The second-order valence-electron chi connectivity index (χ2n) is 8.68. The molecular formula is C24H41N5O9S. The van der Waals surface area contributed by atoms with E-state index in [9.17, 15) is 19.2 Å². The van der Waals surface area contributed by atoms with Gasteiger partial charge in [-0.25, -0.2) is 14.4 Å². The lowest BCUT2D eigenvalue weighted by molar-refractivity contribution is -0.121. The zero-order valence-electron chi connectivity index (χ0n) is 22.1. The molecule has 2 aliphatic heterocycles. The highest BCUT2D eigenvalue weighted by atomic mass is 32.2. The third kappa shape index (κ3) is 14.8. The lowest BCUT2D eigenvalue weighted by atomic mass is 10.0. The molecule has 39 heavy (non-hydrogen) atoms. The molecule has 14 nitrogen and oxygen atoms in total. The van der Waals surface area contributed by atoms with E-state index in [0.717, 1.165) is 25.0 Å². The summed E-state index contributed by atoms with van der Waals surface area (Å²) in [6.07, 6.45) is 4.94. The standard InChI is InChI=1S/C24H41N5O9S/c30-10-3-4-11-37-24(34)27-9-12-35-13-14-36-15-16-38-23(33)26-8-7-25-20(31)6-2-1-5-19-21-18(17-39-19)28-22(32)29-21/h3-4,18-19,21,30H,1-2,5-17H2,(H,25,31)(H,26,33)(H,27,34)(H2,28,29,32)/b4-3+/t18-,19-,21-/m0/s1. The van der Waals surface area contributed by atoms with Crippen LogP contribution in [0.3, 0.4) is 0 Å². The van der Waals surface area contributed by atoms with E-state index in [1.165, 1.54) is 12.2 Å². The second-order valence-corrected chi connectivity index (χ2v) is 9.96. The average molecular weight is 576 g/mol. The number of aliphatic hydroxyl groups is 1. The molecule has 222 valence electrons. The topological polar surface area (TPSA) is 186 Å². The Hall–Kier alpha value is -2.75. The lowest BCUT2D eigenvalue weighted by Gasteiger charge is -2.16. The van der Waals surface area contributed by atoms with Gasteiger partial charge in [-0.2, -0.15) is 11.8 Å². The number of hydrogen-bond donors (Lipinski definition) is 6. The summed E-state index contributed by atoms with van der Waals surface area (Å²) in [6.45, 7) is 2.05. The normalized spacial score (nSPS) is 19.7. The van der Waals surface area contributed by atoms with Crippen molar-refractivity contribution in [2.24, 2.45) is 0 Å². The summed E-state index contributed by atoms with van der Waals surface area (Å²) in [5.74, 6) is 0.871. The second kappa shape index (κ2) is 20.2. The van der Waals surface area contributed by atoms with Crippen LogP contribution in [0.15, 0.2) is 12.2 Å². The van der Waals surface area contributed by atoms with Gasteiger partial charge in [-0.3, -0.25) is 4.79 Å². The van der Waals surface area contributed by atoms with E-state index in [2.05, 4.69) is 26.6 Å². The molecule has 0 aromatic rings. The first-order chi connectivity index (χ1) is 19.0. The summed E-state index contributed by atoms with van der Waals surface area (Å²) in [5.41, 5.74) is 0. The highest BCUT2D eigenvalue weighted by molar-refractivity contribution is 8.00. The first kappa shape index (κ1) is 32.5. The number of hydrogen-bond acceptors (Lipinski definition) is 10. The Morgan fingerprint density at radius 2 is 1.62 bits per heavy atom. The summed E-state index contributed by atoms with van der Waals surface area (Å²) in [4.78, 5) is 46.4. The molecule has 2 rings (SSSR count). The quantitative estimate of drug-likeness (QED) is 0.0649. The van der Waals surface area contributed by atoms with Crippen LogP contribution in [0.25, 0.3) is 0 Å². The van der Waals surface area contributed by atoms with E-state index in [1.54, 1.807) is 0 Å². The van der Waals surface area contributed by atoms with Crippen LogP contribution in [-0.2, 0) is 23.7 Å². The minimum Gasteiger partial charge on any atom is -0.447 e. The van der Waals surface area contributed by atoms with Crippen molar-refractivity contribution in [3.63, 3.8) is 0 Å². The molecular weight excluding hydrogens is 534 g/mol. The molecule has 2 saturated heterocycles. The number of ether oxygens (including phenoxy) is 4. The van der Waals surface area contributed by atoms with Gasteiger partial charge in [0.05, 0.1) is 45.1 Å². The number of thioether (sulfide) groups is 1. The number of unbranched alkanes of at least 4 members (excludes halogenated alkanes) is 1. The fourth-order valence-electron chi connectivity index (χ4n) is 3.84. The van der Waals surface area contributed by atoms with Gasteiger partial charge in [-0.15, -0.1) is 0 Å². The van der Waals surface area contributed by atoms with Gasteiger partial charge in [0.1, 0.15) is 13.2 Å². The SMILES string of the molecule is O=C(CCCC[C@@H]1SC[C@@H]2NC(=O)N[C@@H]21)NCCNC(=O)OCCOCCOCCNC(=O)OC/C=C/CO. The Morgan fingerprint density at radius 3 is 2.44 bits per heavy atom. The maximum Gasteiger partial charge on any atom is 0.407 e. The number of amides is 5. The Kier molecular flexibility index (Phi) is 16.8. The molecule has 0 unspecified atom stereocenters. The zero-order chi connectivity index (χ0) is 28.1. The van der Waals surface area contributed by atoms with Gasteiger partial charge in [0.25, 0.3) is 0 Å². The predicted molar refractivity (Wildman–Crippen MR) is 144 cm³/mol. The fourth-order valence-corrected chi connectivity index (χ4v) is 5.38. The van der Waals surface area contributed by atoms with Crippen molar-refractivity contribution in [2.75, 3.05) is 71.6 Å². The first-order valence-corrected chi connectivity index (χ1v) is 14.2. The number of aliphatic hydroxyl groups excluding tert-OH is 1. The van der Waals surface area contributed by atoms with E-state index in [-0.39, 0.29) is 63.5 Å². The molecule has 2 heterocycles. The molecule has 2 aliphatic rings. The van der Waals surface area contributed by atoms with Crippen LogP contribution < -0.4 is 26.6 Å². The first-order valence-electron chi connectivity index (χ1n) is 13.2. The van der Waals surface area contributed by atoms with Gasteiger partial charge >= 0.3 is 18.2 Å². The molecule has 0 spiro atoms. The Morgan fingerprint density at radius 1 is 0.897 bits per heavy atom. The van der Waals surface area contributed by atoms with E-state index in [0.29, 0.717) is 38.0 Å². The number of rotatable bonds is 20. The maximum absolute atomic E-state index is 12.0. The minimum atomic E-state index is -0.588. The van der Waals surface area contributed by atoms with Gasteiger partial charge < -0.3 is 50.6 Å². The van der Waals surface area contributed by atoms with E-state index >= 15 is 0 Å². The smallest absolute Gasteiger partial charge is 0.407 e. The number of nitrogens with one attached hydrogen (secondary N) is 5. The molecule has 0 aromatic heterocycles. The Labute approximate surface area is 232 Å². The number of carbonyl (C=O) groups excluding carboxylic acids is 4. The Balaban J connectivity index is 1.30. The molecule has 0 aliphatic carbocycles. The fraction of sp³-hybridized carbons (Fsp3) is 0.750. The van der Waals surface area contributed by atoms with Gasteiger partial charge in [-0.1, -0.05) is 12.5 Å². The molecule has 0 saturated carbocycles. The summed E-state index contributed by atoms with van der Waals surface area (Å²) >= 11 is 1.87. The van der Waals surface area contributed by atoms with Crippen molar-refractivity contribution < 1.29 is 43.2 Å². The third-order valence-corrected chi connectivity index (χ3v) is 7.24. The molecule has 15 heteroatoms. The van der Waals surface area contributed by atoms with Crippen LogP contribution in [0.1, 0.15) is 25.7 Å². The van der Waals surface area contributed by atoms with Gasteiger partial charge in [0, 0.05) is 37.1 Å². The highest BCUT2D eigenvalue weighted by Crippen LogP contribution is 2.33. The van der Waals surface area contributed by atoms with Crippen LogP contribution in [-0.4, -0.2) is 118 Å². The van der Waals surface area contributed by atoms with Crippen molar-refractivity contribution in [2.45, 2.75) is 43.0 Å². The minimum absolute atomic E-state index is 0.0593. The van der Waals surface area contributed by atoms with Crippen molar-refractivity contribution in [1.82, 2.24) is 26.6 Å². The third-order valence-electron chi connectivity index (χ3n) is 5.73. The largest absolute Gasteiger partial charge is 0.447 e. The summed E-state index contributed by atoms with van der Waals surface area (Å²) < 4.78 is 20.4. The number of fused-ring (bicyclic) bond motifs is 1. The van der Waals surface area contributed by atoms with Crippen LogP contribution >= 0.6 is 11.8 Å². The van der Waals surface area contributed by atoms with Crippen LogP contribution in [0, 0.1) is 0 Å². The van der Waals surface area contributed by atoms with Gasteiger partial charge in [-0.05, 0) is 18.9 Å². The number of urea groups is 1. The van der Waals surface area contributed by atoms with Crippen LogP contribution in [0.5, 0.6) is 0 Å². The lowest BCUT2D eigenvalue weighted by Crippen LogP contribution is -2.36. The predicted octanol–water partition coefficient (Wildman–Crippen LogP) is -0.137. The average Bonchev–Trinajstić information content (AvgIpc) is 3.47.